The van der Waals surface area contributed by atoms with Gasteiger partial charge in [0, 0.05) is 18.9 Å². The van der Waals surface area contributed by atoms with E-state index in [9.17, 15) is 8.42 Å². The van der Waals surface area contributed by atoms with Crippen LogP contribution in [0.3, 0.4) is 0 Å². The Bertz CT molecular complexity index is 590. The average molecular weight is 266 g/mol. The lowest BCUT2D eigenvalue weighted by atomic mass is 10.1. The monoisotopic (exact) mass is 266 g/mol. The van der Waals surface area contributed by atoms with Crippen LogP contribution in [0.5, 0.6) is 0 Å². The molecule has 0 saturated heterocycles. The van der Waals surface area contributed by atoms with E-state index in [1.165, 1.54) is 0 Å². The molecule has 0 amide bonds. The van der Waals surface area contributed by atoms with Crippen molar-refractivity contribution >= 4 is 10.2 Å². The molecule has 1 aromatic heterocycles. The number of hydrogen-bond acceptors (Lipinski definition) is 3. The minimum atomic E-state index is -3.60. The third-order valence-corrected chi connectivity index (χ3v) is 3.03. The zero-order valence-corrected chi connectivity index (χ0v) is 10.5. The summed E-state index contributed by atoms with van der Waals surface area (Å²) in [6.45, 7) is 0.292. The van der Waals surface area contributed by atoms with Crippen molar-refractivity contribution < 1.29 is 8.42 Å². The van der Waals surface area contributed by atoms with Gasteiger partial charge in [-0.05, 0) is 30.2 Å². The van der Waals surface area contributed by atoms with E-state index in [-0.39, 0.29) is 0 Å². The third kappa shape index (κ3) is 3.66. The van der Waals surface area contributed by atoms with E-state index in [0.717, 1.165) is 11.3 Å². The van der Waals surface area contributed by atoms with Crippen LogP contribution >= 0.6 is 0 Å². The molecule has 0 spiro atoms. The smallest absolute Gasteiger partial charge is 0.241 e. The molecule has 0 aliphatic heterocycles. The second kappa shape index (κ2) is 5.30. The van der Waals surface area contributed by atoms with Gasteiger partial charge < -0.3 is 0 Å². The first-order valence-electron chi connectivity index (χ1n) is 5.41. The van der Waals surface area contributed by atoms with Crippen molar-refractivity contribution in [3.05, 3.63) is 48.3 Å². The van der Waals surface area contributed by atoms with E-state index in [4.69, 9.17) is 5.14 Å². The van der Waals surface area contributed by atoms with E-state index < -0.39 is 10.2 Å². The maximum Gasteiger partial charge on any atom is 0.274 e. The normalized spacial score (nSPS) is 11.6. The van der Waals surface area contributed by atoms with Crippen molar-refractivity contribution in [1.29, 1.82) is 0 Å². The molecule has 0 bridgehead atoms. The second-order valence-corrected chi connectivity index (χ2v) is 5.19. The van der Waals surface area contributed by atoms with Gasteiger partial charge in [0.15, 0.2) is 0 Å². The summed E-state index contributed by atoms with van der Waals surface area (Å²) in [5, 5.41) is 8.96. The molecule has 3 N–H and O–H groups in total. The highest BCUT2D eigenvalue weighted by Gasteiger charge is 2.01. The van der Waals surface area contributed by atoms with E-state index in [1.807, 2.05) is 36.5 Å². The SMILES string of the molecule is NS(=O)(=O)NCCc1ccc(-n2cccn2)cc1. The summed E-state index contributed by atoms with van der Waals surface area (Å²) in [5.74, 6) is 0. The van der Waals surface area contributed by atoms with E-state index in [0.29, 0.717) is 13.0 Å². The summed E-state index contributed by atoms with van der Waals surface area (Å²) < 4.78 is 25.4. The fourth-order valence-electron chi connectivity index (χ4n) is 1.57. The van der Waals surface area contributed by atoms with Crippen molar-refractivity contribution in [3.63, 3.8) is 0 Å². The molecule has 0 unspecified atom stereocenters. The summed E-state index contributed by atoms with van der Waals surface area (Å²) in [7, 11) is -3.60. The van der Waals surface area contributed by atoms with Crippen molar-refractivity contribution in [1.82, 2.24) is 14.5 Å². The van der Waals surface area contributed by atoms with Crippen LogP contribution in [-0.4, -0.2) is 24.7 Å². The molecule has 1 aromatic carbocycles. The summed E-state index contributed by atoms with van der Waals surface area (Å²) in [5.41, 5.74) is 1.99. The lowest BCUT2D eigenvalue weighted by molar-refractivity contribution is 0.583. The van der Waals surface area contributed by atoms with Gasteiger partial charge in [0.1, 0.15) is 0 Å². The van der Waals surface area contributed by atoms with Crippen molar-refractivity contribution in [3.8, 4) is 5.69 Å². The molecule has 2 rings (SSSR count). The Morgan fingerprint density at radius 1 is 1.28 bits per heavy atom. The van der Waals surface area contributed by atoms with Gasteiger partial charge in [-0.3, -0.25) is 0 Å². The Morgan fingerprint density at radius 3 is 2.56 bits per heavy atom. The predicted octanol–water partition coefficient (Wildman–Crippen LogP) is 0.208. The molecule has 0 aliphatic carbocycles. The van der Waals surface area contributed by atoms with E-state index >= 15 is 0 Å². The minimum absolute atomic E-state index is 0.292. The first-order chi connectivity index (χ1) is 8.54. The number of hydrogen-bond donors (Lipinski definition) is 2. The third-order valence-electron chi connectivity index (χ3n) is 2.42. The van der Waals surface area contributed by atoms with Crippen molar-refractivity contribution in [2.75, 3.05) is 6.54 Å². The van der Waals surface area contributed by atoms with Crippen LogP contribution in [0.4, 0.5) is 0 Å². The quantitative estimate of drug-likeness (QED) is 0.810. The lowest BCUT2D eigenvalue weighted by Gasteiger charge is -2.05. The van der Waals surface area contributed by atoms with Gasteiger partial charge in [0.25, 0.3) is 10.2 Å². The molecule has 96 valence electrons. The molecular weight excluding hydrogens is 252 g/mol. The van der Waals surface area contributed by atoms with Gasteiger partial charge in [-0.15, -0.1) is 0 Å². The number of benzene rings is 1. The maximum absolute atomic E-state index is 10.7. The van der Waals surface area contributed by atoms with Crippen LogP contribution in [-0.2, 0) is 16.6 Å². The summed E-state index contributed by atoms with van der Waals surface area (Å²) in [6.07, 6.45) is 4.16. The molecule has 0 fully saturated rings. The Kier molecular flexibility index (Phi) is 3.75. The molecule has 1 heterocycles. The predicted molar refractivity (Wildman–Crippen MR) is 68.4 cm³/mol. The van der Waals surface area contributed by atoms with E-state index in [1.54, 1.807) is 10.9 Å². The summed E-state index contributed by atoms with van der Waals surface area (Å²) >= 11 is 0. The second-order valence-electron chi connectivity index (χ2n) is 3.81. The molecule has 7 heteroatoms. The Balaban J connectivity index is 1.96. The van der Waals surface area contributed by atoms with Crippen LogP contribution < -0.4 is 9.86 Å². The standard InChI is InChI=1S/C11H14N4O2S/c12-18(16,17)14-8-6-10-2-4-11(5-3-10)15-9-1-7-13-15/h1-5,7,9,14H,6,8H2,(H2,12,16,17). The molecular formula is C11H14N4O2S. The molecule has 0 atom stereocenters. The van der Waals surface area contributed by atoms with Crippen molar-refractivity contribution in [2.24, 2.45) is 5.14 Å². The first kappa shape index (κ1) is 12.7. The zero-order chi connectivity index (χ0) is 13.0. The molecule has 2 aromatic rings. The maximum atomic E-state index is 10.7. The fourth-order valence-corrected chi connectivity index (χ4v) is 1.96. The molecule has 0 aliphatic rings. The number of nitrogens with two attached hydrogens (primary N) is 1. The van der Waals surface area contributed by atoms with Crippen LogP contribution in [0.2, 0.25) is 0 Å². The molecule has 0 saturated carbocycles. The van der Waals surface area contributed by atoms with Crippen LogP contribution in [0.25, 0.3) is 5.69 Å². The molecule has 6 nitrogen and oxygen atoms in total. The highest BCUT2D eigenvalue weighted by atomic mass is 32.2. The first-order valence-corrected chi connectivity index (χ1v) is 6.95. The molecule has 0 radical (unpaired) electrons. The summed E-state index contributed by atoms with van der Waals surface area (Å²) in [6, 6.07) is 9.58. The zero-order valence-electron chi connectivity index (χ0n) is 9.65. The highest BCUT2D eigenvalue weighted by molar-refractivity contribution is 7.87. The van der Waals surface area contributed by atoms with Gasteiger partial charge in [-0.1, -0.05) is 12.1 Å². The highest BCUT2D eigenvalue weighted by Crippen LogP contribution is 2.08. The average Bonchev–Trinajstić information content (AvgIpc) is 2.82. The number of nitrogens with one attached hydrogen (secondary N) is 1. The van der Waals surface area contributed by atoms with Gasteiger partial charge in [-0.2, -0.15) is 13.5 Å². The van der Waals surface area contributed by atoms with Crippen LogP contribution in [0.15, 0.2) is 42.7 Å². The minimum Gasteiger partial charge on any atom is -0.241 e. The van der Waals surface area contributed by atoms with E-state index in [2.05, 4.69) is 9.82 Å². The topological polar surface area (TPSA) is 90.0 Å². The summed E-state index contributed by atoms with van der Waals surface area (Å²) in [4.78, 5) is 0. The van der Waals surface area contributed by atoms with Crippen LogP contribution in [0.1, 0.15) is 5.56 Å². The fraction of sp³-hybridized carbons (Fsp3) is 0.182. The number of nitrogens with zero attached hydrogens (tertiary/aromatic N) is 2. The Morgan fingerprint density at radius 2 is 2.00 bits per heavy atom. The number of aromatic nitrogens is 2. The van der Waals surface area contributed by atoms with Crippen molar-refractivity contribution in [2.45, 2.75) is 6.42 Å². The van der Waals surface area contributed by atoms with Crippen LogP contribution in [0, 0.1) is 0 Å². The van der Waals surface area contributed by atoms with Gasteiger partial charge in [-0.25, -0.2) is 14.5 Å². The molecule has 18 heavy (non-hydrogen) atoms. The van der Waals surface area contributed by atoms with Gasteiger partial charge in [0.05, 0.1) is 5.69 Å². The Hall–Kier alpha value is -1.70. The lowest BCUT2D eigenvalue weighted by Crippen LogP contribution is -2.32. The van der Waals surface area contributed by atoms with Gasteiger partial charge in [0.2, 0.25) is 0 Å². The number of rotatable bonds is 5. The largest absolute Gasteiger partial charge is 0.274 e. The Labute approximate surface area is 106 Å². The van der Waals surface area contributed by atoms with Gasteiger partial charge >= 0.3 is 0 Å².